The summed E-state index contributed by atoms with van der Waals surface area (Å²) in [5.74, 6) is 0. The maximum absolute atomic E-state index is 4.83. The Morgan fingerprint density at radius 2 is 1.11 bits per heavy atom. The Morgan fingerprint density at radius 3 is 1.11 bits per heavy atom. The molecule has 0 unspecified atom stereocenters. The molecule has 0 saturated carbocycles. The van der Waals surface area contributed by atoms with E-state index in [1.165, 1.54) is 0 Å². The first-order chi connectivity index (χ1) is 4.41. The molecule has 1 nitrogen and oxygen atoms in total. The molecule has 0 aromatic rings. The molecule has 0 aliphatic heterocycles. The summed E-state index contributed by atoms with van der Waals surface area (Å²) in [5.41, 5.74) is 0. The molecule has 9 heavy (non-hydrogen) atoms. The minimum atomic E-state index is 0.844. The molecule has 0 aromatic carbocycles. The van der Waals surface area contributed by atoms with Crippen LogP contribution in [0.4, 0.5) is 0 Å². The van der Waals surface area contributed by atoms with E-state index in [0.717, 1.165) is 13.2 Å². The van der Waals surface area contributed by atoms with Gasteiger partial charge in [0, 0.05) is 13.2 Å². The molecule has 0 heterocycles. The molecule has 0 aromatic heterocycles. The molecule has 0 aliphatic rings. The van der Waals surface area contributed by atoms with Gasteiger partial charge < -0.3 is 4.74 Å². The Kier molecular flexibility index (Phi) is 90.9. The number of ether oxygens (including phenoxy) is 1. The van der Waals surface area contributed by atoms with Gasteiger partial charge in [-0.15, -0.1) is 26.3 Å². The van der Waals surface area contributed by atoms with Crippen LogP contribution < -0.4 is 0 Å². The largest absolute Gasteiger partial charge is 0.382 e. The van der Waals surface area contributed by atoms with E-state index in [2.05, 4.69) is 26.3 Å². The molecule has 0 radical (unpaired) electrons. The average molecular weight is 130 g/mol. The molecule has 0 bridgehead atoms. The zero-order valence-corrected chi connectivity index (χ0v) is 6.65. The van der Waals surface area contributed by atoms with Crippen LogP contribution in [0.1, 0.15) is 13.8 Å². The number of hydrogen-bond acceptors (Lipinski definition) is 1. The van der Waals surface area contributed by atoms with Gasteiger partial charge in [0.1, 0.15) is 0 Å². The fourth-order valence-corrected chi connectivity index (χ4v) is 0.204. The SMILES string of the molecule is C=C.C=C.CCOCC. The van der Waals surface area contributed by atoms with Crippen molar-refractivity contribution in [2.24, 2.45) is 0 Å². The maximum atomic E-state index is 4.83. The quantitative estimate of drug-likeness (QED) is 0.522. The van der Waals surface area contributed by atoms with Crippen molar-refractivity contribution in [1.29, 1.82) is 0 Å². The lowest BCUT2D eigenvalue weighted by molar-refractivity contribution is 0.162. The third-order valence-corrected chi connectivity index (χ3v) is 0.408. The molecule has 0 spiro atoms. The molecule has 56 valence electrons. The van der Waals surface area contributed by atoms with E-state index in [4.69, 9.17) is 4.74 Å². The Hall–Kier alpha value is -0.560. The second-order valence-electron chi connectivity index (χ2n) is 0.781. The fourth-order valence-electron chi connectivity index (χ4n) is 0.204. The van der Waals surface area contributed by atoms with E-state index in [1.54, 1.807) is 0 Å². The van der Waals surface area contributed by atoms with Crippen molar-refractivity contribution < 1.29 is 4.74 Å². The van der Waals surface area contributed by atoms with Crippen molar-refractivity contribution >= 4 is 0 Å². The summed E-state index contributed by atoms with van der Waals surface area (Å²) in [4.78, 5) is 0. The van der Waals surface area contributed by atoms with Crippen molar-refractivity contribution in [3.05, 3.63) is 26.3 Å². The van der Waals surface area contributed by atoms with Gasteiger partial charge in [-0.2, -0.15) is 0 Å². The van der Waals surface area contributed by atoms with Crippen LogP contribution in [0, 0.1) is 0 Å². The molecule has 0 fully saturated rings. The summed E-state index contributed by atoms with van der Waals surface area (Å²) in [6, 6.07) is 0. The van der Waals surface area contributed by atoms with Crippen molar-refractivity contribution in [2.45, 2.75) is 13.8 Å². The van der Waals surface area contributed by atoms with Gasteiger partial charge in [-0.05, 0) is 13.8 Å². The first kappa shape index (κ1) is 15.8. The summed E-state index contributed by atoms with van der Waals surface area (Å²) in [6.45, 7) is 17.7. The van der Waals surface area contributed by atoms with Gasteiger partial charge in [0.15, 0.2) is 0 Å². The maximum Gasteiger partial charge on any atom is 0.0437 e. The molecule has 1 heteroatoms. The van der Waals surface area contributed by atoms with Crippen LogP contribution in [0.5, 0.6) is 0 Å². The van der Waals surface area contributed by atoms with Crippen LogP contribution in [0.2, 0.25) is 0 Å². The zero-order valence-electron chi connectivity index (χ0n) is 6.65. The van der Waals surface area contributed by atoms with Crippen LogP contribution in [0.15, 0.2) is 26.3 Å². The van der Waals surface area contributed by atoms with Gasteiger partial charge in [0.05, 0.1) is 0 Å². The minimum Gasteiger partial charge on any atom is -0.382 e. The van der Waals surface area contributed by atoms with Crippen LogP contribution in [-0.4, -0.2) is 13.2 Å². The molecule has 0 saturated heterocycles. The van der Waals surface area contributed by atoms with Crippen LogP contribution in [0.25, 0.3) is 0 Å². The predicted octanol–water partition coefficient (Wildman–Crippen LogP) is 2.65. The molecule has 0 rings (SSSR count). The monoisotopic (exact) mass is 130 g/mol. The van der Waals surface area contributed by atoms with Gasteiger partial charge in [-0.1, -0.05) is 0 Å². The molecule has 0 atom stereocenters. The lowest BCUT2D eigenvalue weighted by Crippen LogP contribution is -1.84. The highest BCUT2D eigenvalue weighted by atomic mass is 16.5. The Morgan fingerprint density at radius 1 is 0.889 bits per heavy atom. The third-order valence-electron chi connectivity index (χ3n) is 0.408. The standard InChI is InChI=1S/C4H10O.2C2H4/c1-3-5-4-2;2*1-2/h3-4H2,1-2H3;2*1-2H2. The van der Waals surface area contributed by atoms with Crippen LogP contribution >= 0.6 is 0 Å². The normalized spacial score (nSPS) is 5.56. The van der Waals surface area contributed by atoms with E-state index in [1.807, 2.05) is 13.8 Å². The summed E-state index contributed by atoms with van der Waals surface area (Å²) in [5, 5.41) is 0. The van der Waals surface area contributed by atoms with E-state index >= 15 is 0 Å². The summed E-state index contributed by atoms with van der Waals surface area (Å²) < 4.78 is 4.83. The number of rotatable bonds is 2. The highest BCUT2D eigenvalue weighted by molar-refractivity contribution is 4.22. The lowest BCUT2D eigenvalue weighted by atomic mass is 10.8. The van der Waals surface area contributed by atoms with Gasteiger partial charge in [-0.25, -0.2) is 0 Å². The van der Waals surface area contributed by atoms with Crippen molar-refractivity contribution in [3.63, 3.8) is 0 Å². The van der Waals surface area contributed by atoms with E-state index in [0.29, 0.717) is 0 Å². The van der Waals surface area contributed by atoms with Gasteiger partial charge >= 0.3 is 0 Å². The first-order valence-electron chi connectivity index (χ1n) is 2.99. The van der Waals surface area contributed by atoms with Crippen LogP contribution in [0.3, 0.4) is 0 Å². The molecular formula is C8H18O. The predicted molar refractivity (Wildman–Crippen MR) is 44.7 cm³/mol. The van der Waals surface area contributed by atoms with Crippen LogP contribution in [-0.2, 0) is 4.74 Å². The molecule has 0 amide bonds. The van der Waals surface area contributed by atoms with Gasteiger partial charge in [-0.3, -0.25) is 0 Å². The summed E-state index contributed by atoms with van der Waals surface area (Å²) in [7, 11) is 0. The fraction of sp³-hybridized carbons (Fsp3) is 0.500. The highest BCUT2D eigenvalue weighted by Crippen LogP contribution is 1.64. The van der Waals surface area contributed by atoms with Crippen molar-refractivity contribution in [1.82, 2.24) is 0 Å². The third kappa shape index (κ3) is 106. The van der Waals surface area contributed by atoms with Crippen molar-refractivity contribution in [2.75, 3.05) is 13.2 Å². The van der Waals surface area contributed by atoms with Gasteiger partial charge in [0.25, 0.3) is 0 Å². The van der Waals surface area contributed by atoms with E-state index in [9.17, 15) is 0 Å². The number of hydrogen-bond donors (Lipinski definition) is 0. The second-order valence-corrected chi connectivity index (χ2v) is 0.781. The van der Waals surface area contributed by atoms with Gasteiger partial charge in [0.2, 0.25) is 0 Å². The first-order valence-corrected chi connectivity index (χ1v) is 2.99. The highest BCUT2D eigenvalue weighted by Gasteiger charge is 1.64. The Labute approximate surface area is 59.0 Å². The molecule has 0 N–H and O–H groups in total. The molecule has 0 aliphatic carbocycles. The molecular weight excluding hydrogens is 112 g/mol. The van der Waals surface area contributed by atoms with E-state index in [-0.39, 0.29) is 0 Å². The topological polar surface area (TPSA) is 9.23 Å². The summed E-state index contributed by atoms with van der Waals surface area (Å²) in [6.07, 6.45) is 0. The van der Waals surface area contributed by atoms with Crippen molar-refractivity contribution in [3.8, 4) is 0 Å². The summed E-state index contributed by atoms with van der Waals surface area (Å²) >= 11 is 0. The average Bonchev–Trinajstić information content (AvgIpc) is 1.98. The Balaban J connectivity index is -0.0000000771. The second kappa shape index (κ2) is 51.8. The Bertz CT molecular complexity index is 23.7. The zero-order chi connectivity index (χ0) is 8.12. The van der Waals surface area contributed by atoms with E-state index < -0.39 is 0 Å². The lowest BCUT2D eigenvalue weighted by Gasteiger charge is -1.86. The minimum absolute atomic E-state index is 0.844. The smallest absolute Gasteiger partial charge is 0.0437 e.